The van der Waals surface area contributed by atoms with Gasteiger partial charge in [-0.25, -0.2) is 0 Å². The molecular formula is C27H23NS. The van der Waals surface area contributed by atoms with Crippen molar-refractivity contribution >= 4 is 31.5 Å². The molecule has 0 radical (unpaired) electrons. The maximum atomic E-state index is 8.39. The lowest BCUT2D eigenvalue weighted by Crippen LogP contribution is -1.90. The second kappa shape index (κ2) is 7.13. The van der Waals surface area contributed by atoms with Crippen LogP contribution in [-0.4, -0.2) is 4.98 Å². The summed E-state index contributed by atoms with van der Waals surface area (Å²) in [6, 6.07) is 25.7. The van der Waals surface area contributed by atoms with Gasteiger partial charge in [0, 0.05) is 33.3 Å². The Kier molecular flexibility index (Phi) is 4.16. The lowest BCUT2D eigenvalue weighted by molar-refractivity contribution is 0.864. The van der Waals surface area contributed by atoms with Crippen LogP contribution in [0.1, 0.15) is 32.2 Å². The van der Waals surface area contributed by atoms with Crippen LogP contribution in [0, 0.1) is 6.92 Å². The molecule has 142 valence electrons. The summed E-state index contributed by atoms with van der Waals surface area (Å²) in [5.74, 6) is -0.646. The molecule has 0 amide bonds. The molecule has 1 nitrogen and oxygen atoms in total. The highest BCUT2D eigenvalue weighted by atomic mass is 32.1. The summed E-state index contributed by atoms with van der Waals surface area (Å²) in [7, 11) is 0. The lowest BCUT2D eigenvalue weighted by atomic mass is 9.98. The predicted octanol–water partition coefficient (Wildman–Crippen LogP) is 8.22. The molecule has 0 fully saturated rings. The second-order valence-corrected chi connectivity index (χ2v) is 8.77. The second-order valence-electron chi connectivity index (χ2n) is 7.75. The minimum absolute atomic E-state index is 0.646. The van der Waals surface area contributed by atoms with Gasteiger partial charge < -0.3 is 0 Å². The van der Waals surface area contributed by atoms with Crippen LogP contribution in [0.5, 0.6) is 0 Å². The first kappa shape index (κ1) is 16.9. The first-order chi connectivity index (χ1) is 14.4. The summed E-state index contributed by atoms with van der Waals surface area (Å²) < 4.78 is 11.0. The van der Waals surface area contributed by atoms with Gasteiger partial charge in [0.05, 0.1) is 5.69 Å². The number of pyridine rings is 1. The number of aryl methyl sites for hydroxylation is 1. The third kappa shape index (κ3) is 3.14. The highest BCUT2D eigenvalue weighted by Crippen LogP contribution is 2.42. The molecule has 3 aromatic carbocycles. The zero-order valence-electron chi connectivity index (χ0n) is 17.9. The highest BCUT2D eigenvalue weighted by molar-refractivity contribution is 7.26. The molecule has 5 aromatic rings. The first-order valence-electron chi connectivity index (χ1n) is 10.4. The van der Waals surface area contributed by atoms with Crippen LogP contribution in [0.2, 0.25) is 0 Å². The van der Waals surface area contributed by atoms with Crippen molar-refractivity contribution in [1.82, 2.24) is 4.98 Å². The third-order valence-corrected chi connectivity index (χ3v) is 6.89. The Labute approximate surface area is 177 Å². The molecular weight excluding hydrogens is 370 g/mol. The van der Waals surface area contributed by atoms with Gasteiger partial charge in [-0.15, -0.1) is 11.3 Å². The van der Waals surface area contributed by atoms with Crippen LogP contribution in [-0.2, 0) is 0 Å². The molecule has 0 saturated carbocycles. The van der Waals surface area contributed by atoms with E-state index in [1.807, 2.05) is 37.4 Å². The Hall–Kier alpha value is -2.97. The average molecular weight is 395 g/mol. The SMILES string of the molecule is [2H]C(C)(C)c1ccnc(-c2cccc3c2sc2c(C)cc(-c4ccccc4)cc23)c1. The number of rotatable bonds is 3. The number of aromatic nitrogens is 1. The zero-order valence-corrected chi connectivity index (χ0v) is 17.7. The van der Waals surface area contributed by atoms with Crippen LogP contribution >= 0.6 is 11.3 Å². The van der Waals surface area contributed by atoms with Crippen LogP contribution < -0.4 is 0 Å². The largest absolute Gasteiger partial charge is 0.256 e. The molecule has 0 aliphatic carbocycles. The van der Waals surface area contributed by atoms with Crippen LogP contribution in [0.15, 0.2) is 79.0 Å². The van der Waals surface area contributed by atoms with E-state index in [1.165, 1.54) is 36.9 Å². The summed E-state index contributed by atoms with van der Waals surface area (Å²) in [5, 5.41) is 2.57. The number of hydrogen-bond donors (Lipinski definition) is 0. The maximum absolute atomic E-state index is 8.39. The summed E-state index contributed by atoms with van der Waals surface area (Å²) in [6.07, 6.45) is 1.83. The molecule has 0 unspecified atom stereocenters. The van der Waals surface area contributed by atoms with Crippen molar-refractivity contribution in [2.45, 2.75) is 26.7 Å². The zero-order chi connectivity index (χ0) is 20.9. The van der Waals surface area contributed by atoms with Crippen molar-refractivity contribution in [3.8, 4) is 22.4 Å². The molecule has 0 aliphatic rings. The average Bonchev–Trinajstić information content (AvgIpc) is 3.13. The van der Waals surface area contributed by atoms with Gasteiger partial charge >= 0.3 is 0 Å². The molecule has 0 spiro atoms. The van der Waals surface area contributed by atoms with E-state index < -0.39 is 5.89 Å². The van der Waals surface area contributed by atoms with Crippen molar-refractivity contribution < 1.29 is 1.37 Å². The molecule has 0 aliphatic heterocycles. The van der Waals surface area contributed by atoms with E-state index in [2.05, 4.69) is 78.6 Å². The maximum Gasteiger partial charge on any atom is 0.0719 e. The summed E-state index contributed by atoms with van der Waals surface area (Å²) in [6.45, 7) is 6.03. The summed E-state index contributed by atoms with van der Waals surface area (Å²) in [5.41, 5.74) is 6.85. The normalized spacial score (nSPS) is 12.4. The van der Waals surface area contributed by atoms with Gasteiger partial charge in [-0.05, 0) is 59.3 Å². The van der Waals surface area contributed by atoms with Crippen molar-refractivity contribution in [1.29, 1.82) is 0 Å². The van der Waals surface area contributed by atoms with E-state index in [1.54, 1.807) is 0 Å². The standard InChI is InChI=1S/C27H23NS/c1-17(2)20-12-13-28-25(16-20)23-11-7-10-22-24-15-21(19-8-5-4-6-9-19)14-18(3)26(24)29-27(22)23/h4-17H,1-3H3/i17D. The van der Waals surface area contributed by atoms with E-state index in [0.717, 1.165) is 16.8 Å². The van der Waals surface area contributed by atoms with Crippen LogP contribution in [0.25, 0.3) is 42.6 Å². The Balaban J connectivity index is 1.75. The van der Waals surface area contributed by atoms with Gasteiger partial charge in [0.1, 0.15) is 0 Å². The summed E-state index contributed by atoms with van der Waals surface area (Å²) in [4.78, 5) is 4.65. The minimum atomic E-state index is -0.646. The first-order valence-corrected chi connectivity index (χ1v) is 10.7. The Morgan fingerprint density at radius 1 is 0.828 bits per heavy atom. The molecule has 2 aromatic heterocycles. The monoisotopic (exact) mass is 394 g/mol. The van der Waals surface area contributed by atoms with Crippen molar-refractivity contribution in [3.05, 3.63) is 90.1 Å². The van der Waals surface area contributed by atoms with Crippen LogP contribution in [0.4, 0.5) is 0 Å². The number of hydrogen-bond acceptors (Lipinski definition) is 2. The van der Waals surface area contributed by atoms with Crippen LogP contribution in [0.3, 0.4) is 0 Å². The highest BCUT2D eigenvalue weighted by Gasteiger charge is 2.14. The molecule has 29 heavy (non-hydrogen) atoms. The Morgan fingerprint density at radius 2 is 1.66 bits per heavy atom. The molecule has 5 rings (SSSR count). The number of benzene rings is 3. The smallest absolute Gasteiger partial charge is 0.0719 e. The molecule has 0 N–H and O–H groups in total. The van der Waals surface area contributed by atoms with E-state index in [-0.39, 0.29) is 0 Å². The fourth-order valence-electron chi connectivity index (χ4n) is 3.96. The van der Waals surface area contributed by atoms with Gasteiger partial charge in [0.25, 0.3) is 0 Å². The molecule has 2 heterocycles. The number of nitrogens with zero attached hydrogens (tertiary/aromatic N) is 1. The van der Waals surface area contributed by atoms with E-state index in [0.29, 0.717) is 0 Å². The number of thiophene rings is 1. The van der Waals surface area contributed by atoms with Gasteiger partial charge in [-0.2, -0.15) is 0 Å². The lowest BCUT2D eigenvalue weighted by Gasteiger charge is -2.08. The van der Waals surface area contributed by atoms with E-state index in [4.69, 9.17) is 1.37 Å². The van der Waals surface area contributed by atoms with Gasteiger partial charge in [0.15, 0.2) is 0 Å². The minimum Gasteiger partial charge on any atom is -0.256 e. The fraction of sp³-hybridized carbons (Fsp3) is 0.148. The van der Waals surface area contributed by atoms with E-state index >= 15 is 0 Å². The number of fused-ring (bicyclic) bond motifs is 3. The Morgan fingerprint density at radius 3 is 2.45 bits per heavy atom. The fourth-order valence-corrected chi connectivity index (χ4v) is 5.23. The molecule has 0 bridgehead atoms. The summed E-state index contributed by atoms with van der Waals surface area (Å²) >= 11 is 1.84. The molecule has 0 atom stereocenters. The van der Waals surface area contributed by atoms with Gasteiger partial charge in [-0.3, -0.25) is 4.98 Å². The van der Waals surface area contributed by atoms with Gasteiger partial charge in [-0.1, -0.05) is 62.4 Å². The third-order valence-electron chi connectivity index (χ3n) is 5.50. The van der Waals surface area contributed by atoms with Crippen molar-refractivity contribution in [2.75, 3.05) is 0 Å². The van der Waals surface area contributed by atoms with Crippen molar-refractivity contribution in [3.63, 3.8) is 0 Å². The van der Waals surface area contributed by atoms with Crippen molar-refractivity contribution in [2.24, 2.45) is 0 Å². The topological polar surface area (TPSA) is 12.9 Å². The van der Waals surface area contributed by atoms with Gasteiger partial charge in [0.2, 0.25) is 0 Å². The predicted molar refractivity (Wildman–Crippen MR) is 127 cm³/mol. The molecule has 0 saturated heterocycles. The Bertz CT molecular complexity index is 1380. The van der Waals surface area contributed by atoms with E-state index in [9.17, 15) is 0 Å². The molecule has 2 heteroatoms. The quantitative estimate of drug-likeness (QED) is 0.300.